The Bertz CT molecular complexity index is 337. The molecular formula is C16H24Cl2. The lowest BCUT2D eigenvalue weighted by Crippen LogP contribution is -2.30. The molecule has 0 saturated carbocycles. The van der Waals surface area contributed by atoms with E-state index in [1.165, 1.54) is 24.0 Å². The first-order valence-electron chi connectivity index (χ1n) is 6.73. The molecule has 0 amide bonds. The van der Waals surface area contributed by atoms with E-state index in [1.807, 2.05) is 0 Å². The molecule has 0 spiro atoms. The van der Waals surface area contributed by atoms with Gasteiger partial charge in [0.1, 0.15) is 0 Å². The van der Waals surface area contributed by atoms with Crippen LogP contribution in [0.5, 0.6) is 0 Å². The highest BCUT2D eigenvalue weighted by molar-refractivity contribution is 6.22. The molecule has 0 aliphatic heterocycles. The van der Waals surface area contributed by atoms with E-state index in [4.69, 9.17) is 23.2 Å². The normalized spacial score (nSPS) is 12.1. The van der Waals surface area contributed by atoms with E-state index < -0.39 is 0 Å². The van der Waals surface area contributed by atoms with Crippen molar-refractivity contribution in [2.24, 2.45) is 5.92 Å². The maximum atomic E-state index is 6.23. The van der Waals surface area contributed by atoms with Crippen LogP contribution in [0.4, 0.5) is 0 Å². The number of benzene rings is 1. The zero-order chi connectivity index (χ0) is 13.6. The third-order valence-corrected chi connectivity index (χ3v) is 4.64. The molecule has 0 aliphatic carbocycles. The first-order valence-corrected chi connectivity index (χ1v) is 7.80. The van der Waals surface area contributed by atoms with E-state index in [9.17, 15) is 0 Å². The molecule has 0 atom stereocenters. The van der Waals surface area contributed by atoms with Crippen LogP contribution in [0.25, 0.3) is 0 Å². The number of alkyl halides is 2. The van der Waals surface area contributed by atoms with Crippen LogP contribution in [0, 0.1) is 12.8 Å². The molecule has 0 aliphatic rings. The van der Waals surface area contributed by atoms with E-state index in [0.29, 0.717) is 11.8 Å². The number of aryl methyl sites for hydroxylation is 1. The quantitative estimate of drug-likeness (QED) is 0.578. The van der Waals surface area contributed by atoms with Crippen LogP contribution < -0.4 is 0 Å². The van der Waals surface area contributed by atoms with E-state index in [1.54, 1.807) is 0 Å². The average molecular weight is 287 g/mol. The molecule has 0 bridgehead atoms. The maximum absolute atomic E-state index is 6.23. The van der Waals surface area contributed by atoms with Crippen molar-refractivity contribution in [3.05, 3.63) is 35.4 Å². The Morgan fingerprint density at radius 2 is 1.61 bits per heavy atom. The van der Waals surface area contributed by atoms with Gasteiger partial charge in [-0.3, -0.25) is 0 Å². The maximum Gasteiger partial charge on any atom is 0.0332 e. The fraction of sp³-hybridized carbons (Fsp3) is 0.625. The van der Waals surface area contributed by atoms with E-state index in [0.717, 1.165) is 12.3 Å². The second kappa shape index (κ2) is 7.40. The van der Waals surface area contributed by atoms with Crippen molar-refractivity contribution in [1.29, 1.82) is 0 Å². The monoisotopic (exact) mass is 286 g/mol. The summed E-state index contributed by atoms with van der Waals surface area (Å²) in [5, 5.41) is 0. The third-order valence-electron chi connectivity index (χ3n) is 3.61. The van der Waals surface area contributed by atoms with Crippen LogP contribution in [-0.2, 0) is 5.41 Å². The molecule has 102 valence electrons. The van der Waals surface area contributed by atoms with Gasteiger partial charge in [0.15, 0.2) is 0 Å². The first-order chi connectivity index (χ1) is 8.54. The van der Waals surface area contributed by atoms with Crippen molar-refractivity contribution in [2.45, 2.75) is 45.4 Å². The molecule has 0 aromatic heterocycles. The van der Waals surface area contributed by atoms with Gasteiger partial charge in [0, 0.05) is 17.2 Å². The molecule has 0 radical (unpaired) electrons. The predicted octanol–water partition coefficient (Wildman–Crippen LogP) is 5.54. The van der Waals surface area contributed by atoms with E-state index in [2.05, 4.69) is 45.0 Å². The SMILES string of the molecule is Cc1ccc(C(CCl)(CCl)CCCC(C)C)cc1. The van der Waals surface area contributed by atoms with Crippen molar-refractivity contribution >= 4 is 23.2 Å². The molecule has 18 heavy (non-hydrogen) atoms. The second-order valence-electron chi connectivity index (χ2n) is 5.70. The summed E-state index contributed by atoms with van der Waals surface area (Å²) >= 11 is 12.5. The molecule has 0 unspecified atom stereocenters. The van der Waals surface area contributed by atoms with Gasteiger partial charge in [0.2, 0.25) is 0 Å². The van der Waals surface area contributed by atoms with Gasteiger partial charge in [-0.15, -0.1) is 23.2 Å². The minimum atomic E-state index is -0.0638. The molecule has 0 N–H and O–H groups in total. The summed E-state index contributed by atoms with van der Waals surface area (Å²) in [5.41, 5.74) is 2.49. The van der Waals surface area contributed by atoms with Gasteiger partial charge < -0.3 is 0 Å². The molecule has 0 heterocycles. The largest absolute Gasteiger partial charge is 0.126 e. The van der Waals surface area contributed by atoms with Gasteiger partial charge in [0.25, 0.3) is 0 Å². The van der Waals surface area contributed by atoms with Gasteiger partial charge in [-0.1, -0.05) is 56.5 Å². The molecule has 0 saturated heterocycles. The molecular weight excluding hydrogens is 263 g/mol. The van der Waals surface area contributed by atoms with Crippen LogP contribution >= 0.6 is 23.2 Å². The summed E-state index contributed by atoms with van der Waals surface area (Å²) in [7, 11) is 0. The second-order valence-corrected chi connectivity index (χ2v) is 6.23. The number of rotatable bonds is 7. The zero-order valence-electron chi connectivity index (χ0n) is 11.7. The highest BCUT2D eigenvalue weighted by Gasteiger charge is 2.30. The van der Waals surface area contributed by atoms with Crippen molar-refractivity contribution in [1.82, 2.24) is 0 Å². The average Bonchev–Trinajstić information content (AvgIpc) is 2.36. The lowest BCUT2D eigenvalue weighted by Gasteiger charge is -2.30. The van der Waals surface area contributed by atoms with Crippen LogP contribution in [-0.4, -0.2) is 11.8 Å². The minimum Gasteiger partial charge on any atom is -0.126 e. The Labute approximate surface area is 122 Å². The Morgan fingerprint density at radius 3 is 2.06 bits per heavy atom. The van der Waals surface area contributed by atoms with E-state index >= 15 is 0 Å². The van der Waals surface area contributed by atoms with Crippen molar-refractivity contribution in [3.63, 3.8) is 0 Å². The minimum absolute atomic E-state index is 0.0638. The van der Waals surface area contributed by atoms with Gasteiger partial charge in [-0.2, -0.15) is 0 Å². The smallest absolute Gasteiger partial charge is 0.0332 e. The topological polar surface area (TPSA) is 0 Å². The van der Waals surface area contributed by atoms with Gasteiger partial charge in [-0.05, 0) is 24.8 Å². The standard InChI is InChI=1S/C16H24Cl2/c1-13(2)5-4-10-16(11-17,12-18)15-8-6-14(3)7-9-15/h6-9,13H,4-5,10-12H2,1-3H3. The number of hydrogen-bond donors (Lipinski definition) is 0. The van der Waals surface area contributed by atoms with Crippen LogP contribution in [0.15, 0.2) is 24.3 Å². The molecule has 1 aromatic rings. The van der Waals surface area contributed by atoms with Gasteiger partial charge >= 0.3 is 0 Å². The summed E-state index contributed by atoms with van der Waals surface area (Å²) in [6, 6.07) is 8.64. The fourth-order valence-electron chi connectivity index (χ4n) is 2.22. The Morgan fingerprint density at radius 1 is 1.06 bits per heavy atom. The summed E-state index contributed by atoms with van der Waals surface area (Å²) in [5.74, 6) is 1.93. The van der Waals surface area contributed by atoms with Crippen LogP contribution in [0.2, 0.25) is 0 Å². The van der Waals surface area contributed by atoms with Crippen molar-refractivity contribution in [2.75, 3.05) is 11.8 Å². The Balaban J connectivity index is 2.81. The number of hydrogen-bond acceptors (Lipinski definition) is 0. The van der Waals surface area contributed by atoms with Crippen LogP contribution in [0.1, 0.15) is 44.2 Å². The van der Waals surface area contributed by atoms with Gasteiger partial charge in [-0.25, -0.2) is 0 Å². The number of halogens is 2. The summed E-state index contributed by atoms with van der Waals surface area (Å²) < 4.78 is 0. The molecule has 1 rings (SSSR count). The van der Waals surface area contributed by atoms with Crippen molar-refractivity contribution in [3.8, 4) is 0 Å². The zero-order valence-corrected chi connectivity index (χ0v) is 13.2. The molecule has 0 nitrogen and oxygen atoms in total. The summed E-state index contributed by atoms with van der Waals surface area (Å²) in [4.78, 5) is 0. The Kier molecular flexibility index (Phi) is 6.52. The highest BCUT2D eigenvalue weighted by atomic mass is 35.5. The fourth-order valence-corrected chi connectivity index (χ4v) is 3.09. The predicted molar refractivity (Wildman–Crippen MR) is 83.0 cm³/mol. The lowest BCUT2D eigenvalue weighted by atomic mass is 9.79. The lowest BCUT2D eigenvalue weighted by molar-refractivity contribution is 0.432. The summed E-state index contributed by atoms with van der Waals surface area (Å²) in [6.45, 7) is 6.62. The molecule has 1 aromatic carbocycles. The van der Waals surface area contributed by atoms with E-state index in [-0.39, 0.29) is 5.41 Å². The Hall–Kier alpha value is -0.200. The third kappa shape index (κ3) is 4.17. The van der Waals surface area contributed by atoms with Crippen molar-refractivity contribution < 1.29 is 0 Å². The summed E-state index contributed by atoms with van der Waals surface area (Å²) in [6.07, 6.45) is 3.49. The molecule has 0 fully saturated rings. The van der Waals surface area contributed by atoms with Crippen LogP contribution in [0.3, 0.4) is 0 Å². The molecule has 2 heteroatoms. The highest BCUT2D eigenvalue weighted by Crippen LogP contribution is 2.33. The first kappa shape index (κ1) is 15.9. The van der Waals surface area contributed by atoms with Gasteiger partial charge in [0.05, 0.1) is 0 Å².